The van der Waals surface area contributed by atoms with E-state index in [9.17, 15) is 4.79 Å². The molecule has 6 rings (SSSR count). The minimum absolute atomic E-state index is 0.0609. The van der Waals surface area contributed by atoms with Crippen molar-refractivity contribution in [2.45, 2.75) is 25.3 Å². The monoisotopic (exact) mass is 470 g/mol. The summed E-state index contributed by atoms with van der Waals surface area (Å²) in [6.07, 6.45) is 2.45. The molecule has 0 radical (unpaired) electrons. The fourth-order valence-electron chi connectivity index (χ4n) is 5.21. The molecule has 7 heteroatoms. The molecule has 0 bridgehead atoms. The smallest absolute Gasteiger partial charge is 0.274 e. The molecule has 0 saturated carbocycles. The van der Waals surface area contributed by atoms with Gasteiger partial charge in [0.2, 0.25) is 0 Å². The normalized spacial score (nSPS) is 19.1. The van der Waals surface area contributed by atoms with Gasteiger partial charge in [-0.15, -0.1) is 0 Å². The van der Waals surface area contributed by atoms with Gasteiger partial charge in [-0.1, -0.05) is 42.0 Å². The van der Waals surface area contributed by atoms with Crippen LogP contribution in [0.3, 0.4) is 0 Å². The molecule has 2 saturated heterocycles. The number of aromatic nitrogens is 2. The number of rotatable bonds is 4. The second-order valence-corrected chi connectivity index (χ2v) is 9.71. The molecule has 0 aliphatic carbocycles. The quantitative estimate of drug-likeness (QED) is 0.584. The zero-order chi connectivity index (χ0) is 23.8. The summed E-state index contributed by atoms with van der Waals surface area (Å²) in [4.78, 5) is 26.3. The Morgan fingerprint density at radius 1 is 0.886 bits per heavy atom. The van der Waals surface area contributed by atoms with Gasteiger partial charge in [-0.2, -0.15) is 0 Å². The number of aryl methyl sites for hydroxylation is 1. The van der Waals surface area contributed by atoms with Crippen molar-refractivity contribution in [3.8, 4) is 0 Å². The Hall–Kier alpha value is -3.29. The maximum atomic E-state index is 12.9. The van der Waals surface area contributed by atoms with E-state index in [1.807, 2.05) is 0 Å². The molecule has 3 aliphatic rings. The van der Waals surface area contributed by atoms with Gasteiger partial charge in [-0.3, -0.25) is 9.78 Å². The van der Waals surface area contributed by atoms with Crippen LogP contribution in [0.1, 0.15) is 38.6 Å². The molecule has 4 heterocycles. The number of carbonyl (C=O) groups excluding carboxylic acids is 1. The highest BCUT2D eigenvalue weighted by Crippen LogP contribution is 2.40. The summed E-state index contributed by atoms with van der Waals surface area (Å²) in [7, 11) is 0. The van der Waals surface area contributed by atoms with Gasteiger partial charge in [-0.25, -0.2) is 4.98 Å². The average Bonchev–Trinajstić information content (AvgIpc) is 2.89. The first-order valence-electron chi connectivity index (χ1n) is 12.3. The summed E-state index contributed by atoms with van der Waals surface area (Å²) in [6.45, 7) is 7.42. The van der Waals surface area contributed by atoms with Gasteiger partial charge in [0.1, 0.15) is 5.69 Å². The first-order chi connectivity index (χ1) is 17.1. The van der Waals surface area contributed by atoms with Gasteiger partial charge in [0.15, 0.2) is 0 Å². The summed E-state index contributed by atoms with van der Waals surface area (Å²) >= 11 is 0. The van der Waals surface area contributed by atoms with Crippen LogP contribution in [0.5, 0.6) is 0 Å². The maximum absolute atomic E-state index is 12.9. The number of benzene rings is 2. The van der Waals surface area contributed by atoms with Crippen LogP contribution >= 0.6 is 0 Å². The number of ether oxygens (including phenoxy) is 2. The number of fused-ring (bicyclic) bond motifs is 1. The van der Waals surface area contributed by atoms with Gasteiger partial charge < -0.3 is 19.3 Å². The molecule has 0 atom stereocenters. The van der Waals surface area contributed by atoms with Crippen LogP contribution in [-0.2, 0) is 27.9 Å². The van der Waals surface area contributed by atoms with Crippen molar-refractivity contribution in [3.63, 3.8) is 0 Å². The maximum Gasteiger partial charge on any atom is 0.274 e. The van der Waals surface area contributed by atoms with E-state index in [2.05, 4.69) is 65.3 Å². The number of hydrogen-bond acceptors (Lipinski definition) is 6. The zero-order valence-electron chi connectivity index (χ0n) is 20.1. The second kappa shape index (κ2) is 9.06. The van der Waals surface area contributed by atoms with Crippen molar-refractivity contribution in [1.82, 2.24) is 14.9 Å². The number of amides is 1. The van der Waals surface area contributed by atoms with E-state index in [4.69, 9.17) is 14.5 Å². The van der Waals surface area contributed by atoms with E-state index < -0.39 is 0 Å². The molecule has 0 N–H and O–H groups in total. The highest BCUT2D eigenvalue weighted by molar-refractivity contribution is 5.92. The lowest BCUT2D eigenvalue weighted by molar-refractivity contribution is -0.0379. The molecule has 1 aromatic heterocycles. The number of nitrogens with zero attached hydrogens (tertiary/aromatic N) is 4. The Kier molecular flexibility index (Phi) is 5.74. The summed E-state index contributed by atoms with van der Waals surface area (Å²) in [5, 5.41) is 0. The highest BCUT2D eigenvalue weighted by Gasteiger charge is 2.42. The molecule has 2 aromatic carbocycles. The van der Waals surface area contributed by atoms with Crippen molar-refractivity contribution < 1.29 is 14.3 Å². The van der Waals surface area contributed by atoms with Gasteiger partial charge in [0, 0.05) is 31.7 Å². The van der Waals surface area contributed by atoms with Crippen molar-refractivity contribution in [3.05, 3.63) is 88.5 Å². The Bertz CT molecular complexity index is 1220. The van der Waals surface area contributed by atoms with Crippen LogP contribution in [-0.4, -0.2) is 66.8 Å². The Morgan fingerprint density at radius 3 is 2.23 bits per heavy atom. The van der Waals surface area contributed by atoms with Crippen molar-refractivity contribution in [2.75, 3.05) is 51.0 Å². The minimum atomic E-state index is -0.0685. The third-order valence-electron chi connectivity index (χ3n) is 7.49. The van der Waals surface area contributed by atoms with Crippen molar-refractivity contribution in [2.24, 2.45) is 0 Å². The molecular formula is C28H30N4O3. The van der Waals surface area contributed by atoms with E-state index >= 15 is 0 Å². The van der Waals surface area contributed by atoms with Crippen molar-refractivity contribution >= 4 is 11.6 Å². The van der Waals surface area contributed by atoms with Gasteiger partial charge in [-0.05, 0) is 30.2 Å². The third-order valence-corrected chi connectivity index (χ3v) is 7.49. The fraction of sp³-hybridized carbons (Fsp3) is 0.393. The van der Waals surface area contributed by atoms with E-state index in [0.717, 1.165) is 30.0 Å². The highest BCUT2D eigenvalue weighted by atomic mass is 16.5. The van der Waals surface area contributed by atoms with Gasteiger partial charge in [0.05, 0.1) is 56.0 Å². The van der Waals surface area contributed by atoms with E-state index in [1.165, 1.54) is 16.7 Å². The Labute approximate surface area is 205 Å². The number of morpholine rings is 1. The number of anilines is 1. The molecular weight excluding hydrogens is 440 g/mol. The van der Waals surface area contributed by atoms with Crippen LogP contribution in [0.2, 0.25) is 0 Å². The summed E-state index contributed by atoms with van der Waals surface area (Å²) in [5.74, 6) is -0.0609. The Balaban J connectivity index is 1.20. The molecule has 0 spiro atoms. The SMILES string of the molecule is Cc1ccc(C2(c3ccc(N4CCc5ncc(C(=O)N6CCOCC6)nc5C4)cc3)COC2)cc1. The topological polar surface area (TPSA) is 67.8 Å². The summed E-state index contributed by atoms with van der Waals surface area (Å²) < 4.78 is 11.0. The lowest BCUT2D eigenvalue weighted by Crippen LogP contribution is -2.47. The minimum Gasteiger partial charge on any atom is -0.379 e. The van der Waals surface area contributed by atoms with Crippen molar-refractivity contribution in [1.29, 1.82) is 0 Å². The molecule has 3 aromatic rings. The molecule has 7 nitrogen and oxygen atoms in total. The van der Waals surface area contributed by atoms with Crippen LogP contribution in [0.25, 0.3) is 0 Å². The van der Waals surface area contributed by atoms with E-state index in [-0.39, 0.29) is 11.3 Å². The predicted octanol–water partition coefficient (Wildman–Crippen LogP) is 3.14. The fourth-order valence-corrected chi connectivity index (χ4v) is 5.21. The number of carbonyl (C=O) groups is 1. The van der Waals surface area contributed by atoms with E-state index in [0.29, 0.717) is 51.8 Å². The molecule has 3 aliphatic heterocycles. The van der Waals surface area contributed by atoms with Gasteiger partial charge >= 0.3 is 0 Å². The first kappa shape index (κ1) is 22.2. The van der Waals surface area contributed by atoms with Crippen LogP contribution in [0.15, 0.2) is 54.7 Å². The standard InChI is InChI=1S/C28H30N4O3/c1-20-2-4-21(5-3-20)28(18-35-19-28)22-6-8-23(9-7-22)32-11-10-24-26(17-32)30-25(16-29-24)27(33)31-12-14-34-15-13-31/h2-9,16H,10-15,17-19H2,1H3. The lowest BCUT2D eigenvalue weighted by Gasteiger charge is -2.43. The summed E-state index contributed by atoms with van der Waals surface area (Å²) in [5.41, 5.74) is 7.25. The molecule has 2 fully saturated rings. The van der Waals surface area contributed by atoms with Crippen LogP contribution < -0.4 is 4.90 Å². The van der Waals surface area contributed by atoms with Crippen LogP contribution in [0, 0.1) is 6.92 Å². The average molecular weight is 471 g/mol. The molecule has 180 valence electrons. The molecule has 0 unspecified atom stereocenters. The Morgan fingerprint density at radius 2 is 1.57 bits per heavy atom. The second-order valence-electron chi connectivity index (χ2n) is 9.71. The van der Waals surface area contributed by atoms with Gasteiger partial charge in [0.25, 0.3) is 5.91 Å². The zero-order valence-corrected chi connectivity index (χ0v) is 20.1. The lowest BCUT2D eigenvalue weighted by atomic mass is 9.73. The summed E-state index contributed by atoms with van der Waals surface area (Å²) in [6, 6.07) is 17.7. The van der Waals surface area contributed by atoms with Crippen LogP contribution in [0.4, 0.5) is 5.69 Å². The largest absolute Gasteiger partial charge is 0.379 e. The number of hydrogen-bond donors (Lipinski definition) is 0. The third kappa shape index (κ3) is 4.09. The predicted molar refractivity (Wildman–Crippen MR) is 133 cm³/mol. The van der Waals surface area contributed by atoms with E-state index in [1.54, 1.807) is 11.1 Å². The molecule has 35 heavy (non-hydrogen) atoms. The molecule has 1 amide bonds. The first-order valence-corrected chi connectivity index (χ1v) is 12.3.